The average Bonchev–Trinajstić information content (AvgIpc) is 2.43. The third kappa shape index (κ3) is 0.702. The van der Waals surface area contributed by atoms with Crippen LogP contribution in [0.4, 0.5) is 0 Å². The zero-order valence-electron chi connectivity index (χ0n) is 4.68. The van der Waals surface area contributed by atoms with Crippen molar-refractivity contribution in [3.05, 3.63) is 0 Å². The second kappa shape index (κ2) is 1.44. The van der Waals surface area contributed by atoms with Crippen LogP contribution in [0.1, 0.15) is 6.42 Å². The molecule has 2 atom stereocenters. The molecule has 9 heavy (non-hydrogen) atoms. The van der Waals surface area contributed by atoms with Gasteiger partial charge in [-0.15, -0.1) is 0 Å². The van der Waals surface area contributed by atoms with Crippen LogP contribution in [0.5, 0.6) is 0 Å². The molecule has 2 aliphatic rings. The lowest BCUT2D eigenvalue weighted by molar-refractivity contribution is -0.121. The molecule has 1 aliphatic carbocycles. The summed E-state index contributed by atoms with van der Waals surface area (Å²) in [6.07, 6.45) is 0.950. The fraction of sp³-hybridized carbons (Fsp3) is 0.600. The van der Waals surface area contributed by atoms with Crippen molar-refractivity contribution in [2.75, 3.05) is 0 Å². The fourth-order valence-electron chi connectivity index (χ4n) is 1.05. The lowest BCUT2D eigenvalue weighted by Gasteiger charge is -2.13. The highest BCUT2D eigenvalue weighted by Crippen LogP contribution is 2.32. The van der Waals surface area contributed by atoms with Crippen LogP contribution in [-0.4, -0.2) is 17.1 Å². The average molecular weight is 142 g/mol. The number of rotatable bonds is 0. The van der Waals surface area contributed by atoms with Crippen molar-refractivity contribution >= 4 is 23.2 Å². The van der Waals surface area contributed by atoms with Crippen molar-refractivity contribution in [3.8, 4) is 0 Å². The minimum Gasteiger partial charge on any atom is -0.359 e. The van der Waals surface area contributed by atoms with Crippen LogP contribution in [0.3, 0.4) is 0 Å². The second-order valence-corrected chi connectivity index (χ2v) is 2.82. The van der Waals surface area contributed by atoms with Crippen LogP contribution in [0, 0.1) is 5.92 Å². The zero-order chi connectivity index (χ0) is 6.43. The Bertz CT molecular complexity index is 191. The van der Waals surface area contributed by atoms with Gasteiger partial charge in [0.25, 0.3) is 0 Å². The van der Waals surface area contributed by atoms with E-state index in [2.05, 4.69) is 10.6 Å². The number of amides is 1. The second-order valence-electron chi connectivity index (χ2n) is 2.41. The monoisotopic (exact) mass is 142 g/mol. The summed E-state index contributed by atoms with van der Waals surface area (Å²) >= 11 is 4.74. The molecule has 0 spiro atoms. The lowest BCUT2D eigenvalue weighted by Crippen LogP contribution is -2.47. The summed E-state index contributed by atoms with van der Waals surface area (Å²) in [6, 6.07) is 0.353. The van der Waals surface area contributed by atoms with Gasteiger partial charge in [0, 0.05) is 6.04 Å². The van der Waals surface area contributed by atoms with Crippen molar-refractivity contribution in [1.29, 1.82) is 0 Å². The first-order valence-corrected chi connectivity index (χ1v) is 3.29. The van der Waals surface area contributed by atoms with Gasteiger partial charge in [-0.3, -0.25) is 4.79 Å². The van der Waals surface area contributed by atoms with Crippen molar-refractivity contribution in [1.82, 2.24) is 10.6 Å². The normalized spacial score (nSPS) is 38.7. The Morgan fingerprint density at radius 2 is 2.44 bits per heavy atom. The molecule has 2 unspecified atom stereocenters. The fourth-order valence-corrected chi connectivity index (χ4v) is 1.31. The quantitative estimate of drug-likeness (QED) is 0.443. The molecule has 0 bridgehead atoms. The summed E-state index contributed by atoms with van der Waals surface area (Å²) < 4.78 is 0. The van der Waals surface area contributed by atoms with Crippen LogP contribution in [0.2, 0.25) is 0 Å². The van der Waals surface area contributed by atoms with Crippen molar-refractivity contribution < 1.29 is 4.79 Å². The van der Waals surface area contributed by atoms with E-state index in [0.717, 1.165) is 6.42 Å². The lowest BCUT2D eigenvalue weighted by atomic mass is 10.3. The van der Waals surface area contributed by atoms with Crippen LogP contribution in [0.25, 0.3) is 0 Å². The third-order valence-electron chi connectivity index (χ3n) is 1.68. The number of hydrogen-bond acceptors (Lipinski definition) is 2. The Morgan fingerprint density at radius 1 is 1.67 bits per heavy atom. The summed E-state index contributed by atoms with van der Waals surface area (Å²) in [5, 5.41) is 6.02. The van der Waals surface area contributed by atoms with Crippen molar-refractivity contribution in [2.45, 2.75) is 12.5 Å². The molecule has 1 saturated heterocycles. The Hall–Kier alpha value is -0.640. The van der Waals surface area contributed by atoms with Crippen molar-refractivity contribution in [2.24, 2.45) is 5.92 Å². The van der Waals surface area contributed by atoms with E-state index in [-0.39, 0.29) is 11.8 Å². The van der Waals surface area contributed by atoms with E-state index in [1.165, 1.54) is 0 Å². The van der Waals surface area contributed by atoms with E-state index in [0.29, 0.717) is 11.2 Å². The molecule has 1 amide bonds. The van der Waals surface area contributed by atoms with E-state index in [9.17, 15) is 4.79 Å². The van der Waals surface area contributed by atoms with Gasteiger partial charge in [-0.1, -0.05) is 0 Å². The Labute approximate surface area is 57.8 Å². The number of fused-ring (bicyclic) bond motifs is 1. The molecule has 0 aromatic heterocycles. The van der Waals surface area contributed by atoms with E-state index < -0.39 is 0 Å². The van der Waals surface area contributed by atoms with Gasteiger partial charge in [0.15, 0.2) is 5.11 Å². The van der Waals surface area contributed by atoms with Gasteiger partial charge in [-0.25, -0.2) is 0 Å². The SMILES string of the molecule is O=C1NC(=S)NC2CC12. The Kier molecular flexibility index (Phi) is 0.829. The first kappa shape index (κ1) is 5.17. The van der Waals surface area contributed by atoms with E-state index in [1.807, 2.05) is 0 Å². The molecule has 1 saturated carbocycles. The molecule has 2 N–H and O–H groups in total. The van der Waals surface area contributed by atoms with Crippen LogP contribution >= 0.6 is 12.2 Å². The summed E-state index contributed by atoms with van der Waals surface area (Å²) in [5.41, 5.74) is 0. The molecule has 1 heterocycles. The molecule has 4 heteroatoms. The predicted octanol–water partition coefficient (Wildman–Crippen LogP) is -0.621. The summed E-state index contributed by atoms with van der Waals surface area (Å²) in [7, 11) is 0. The zero-order valence-corrected chi connectivity index (χ0v) is 5.49. The van der Waals surface area contributed by atoms with Gasteiger partial charge in [0.1, 0.15) is 0 Å². The minimum absolute atomic E-state index is 0.0868. The van der Waals surface area contributed by atoms with Gasteiger partial charge in [0.05, 0.1) is 5.92 Å². The van der Waals surface area contributed by atoms with Crippen molar-refractivity contribution in [3.63, 3.8) is 0 Å². The Morgan fingerprint density at radius 3 is 3.11 bits per heavy atom. The van der Waals surface area contributed by atoms with Crippen LogP contribution in [-0.2, 0) is 4.79 Å². The molecule has 0 aromatic carbocycles. The maximum absolute atomic E-state index is 10.8. The molecule has 1 aliphatic heterocycles. The number of carbonyl (C=O) groups excluding carboxylic acids is 1. The maximum atomic E-state index is 10.8. The van der Waals surface area contributed by atoms with Gasteiger partial charge < -0.3 is 10.6 Å². The first-order chi connectivity index (χ1) is 4.27. The van der Waals surface area contributed by atoms with E-state index in [4.69, 9.17) is 12.2 Å². The third-order valence-corrected chi connectivity index (χ3v) is 1.90. The molecule has 3 nitrogen and oxygen atoms in total. The standard InChI is InChI=1S/C5H6N2OS/c8-4-2-1-3(2)6-5(9)7-4/h2-3H,1H2,(H2,6,7,8,9). The van der Waals surface area contributed by atoms with Gasteiger partial charge in [-0.2, -0.15) is 0 Å². The smallest absolute Gasteiger partial charge is 0.231 e. The highest BCUT2D eigenvalue weighted by molar-refractivity contribution is 7.80. The molecule has 2 rings (SSSR count). The Balaban J connectivity index is 2.15. The van der Waals surface area contributed by atoms with Gasteiger partial charge in [-0.05, 0) is 18.6 Å². The van der Waals surface area contributed by atoms with Gasteiger partial charge >= 0.3 is 0 Å². The molecular formula is C5H6N2OS. The number of nitrogens with one attached hydrogen (secondary N) is 2. The molecule has 48 valence electrons. The highest BCUT2D eigenvalue weighted by Gasteiger charge is 2.46. The first-order valence-electron chi connectivity index (χ1n) is 2.89. The molecular weight excluding hydrogens is 136 g/mol. The maximum Gasteiger partial charge on any atom is 0.231 e. The van der Waals surface area contributed by atoms with Gasteiger partial charge in [0.2, 0.25) is 5.91 Å². The predicted molar refractivity (Wildman–Crippen MR) is 35.8 cm³/mol. The highest BCUT2D eigenvalue weighted by atomic mass is 32.1. The summed E-state index contributed by atoms with van der Waals surface area (Å²) in [5.74, 6) is 0.292. The summed E-state index contributed by atoms with van der Waals surface area (Å²) in [4.78, 5) is 10.8. The van der Waals surface area contributed by atoms with E-state index in [1.54, 1.807) is 0 Å². The number of hydrogen-bond donors (Lipinski definition) is 2. The van der Waals surface area contributed by atoms with Crippen LogP contribution < -0.4 is 10.6 Å². The van der Waals surface area contributed by atoms with Crippen LogP contribution in [0.15, 0.2) is 0 Å². The van der Waals surface area contributed by atoms with E-state index >= 15 is 0 Å². The largest absolute Gasteiger partial charge is 0.359 e. The number of carbonyl (C=O) groups is 1. The summed E-state index contributed by atoms with van der Waals surface area (Å²) in [6.45, 7) is 0. The molecule has 0 radical (unpaired) electrons. The molecule has 0 aromatic rings. The molecule has 2 fully saturated rings. The number of thiocarbonyl (C=S) groups is 1. The topological polar surface area (TPSA) is 41.1 Å². The minimum atomic E-state index is 0.0868.